The van der Waals surface area contributed by atoms with E-state index in [2.05, 4.69) is 4.98 Å². The average molecular weight is 254 g/mol. The summed E-state index contributed by atoms with van der Waals surface area (Å²) >= 11 is 0. The number of nitrogens with zero attached hydrogens (tertiary/aromatic N) is 2. The molecule has 0 atom stereocenters. The first kappa shape index (κ1) is 15.4. The van der Waals surface area contributed by atoms with Crippen molar-refractivity contribution in [3.63, 3.8) is 0 Å². The van der Waals surface area contributed by atoms with Crippen molar-refractivity contribution in [2.24, 2.45) is 5.73 Å². The molecule has 0 amide bonds. The molecule has 0 aliphatic rings. The third-order valence-corrected chi connectivity index (χ3v) is 1.69. The molecular formula is C10H14N4O4. The molecule has 0 fully saturated rings. The number of likely N-dealkylation sites (N-methyl/N-ethyl adjacent to an activating group) is 1. The summed E-state index contributed by atoms with van der Waals surface area (Å²) in [5.74, 6) is -2.17. The van der Waals surface area contributed by atoms with Gasteiger partial charge in [0.1, 0.15) is 6.54 Å². The van der Waals surface area contributed by atoms with Gasteiger partial charge in [0.05, 0.1) is 5.56 Å². The Labute approximate surface area is 103 Å². The quantitative estimate of drug-likeness (QED) is 0.427. The molecule has 1 heterocycles. The first-order valence-corrected chi connectivity index (χ1v) is 4.75. The predicted octanol–water partition coefficient (Wildman–Crippen LogP) is -0.324. The van der Waals surface area contributed by atoms with Gasteiger partial charge in [0.15, 0.2) is 5.96 Å². The van der Waals surface area contributed by atoms with E-state index < -0.39 is 11.9 Å². The fourth-order valence-electron chi connectivity index (χ4n) is 0.777. The average Bonchev–Trinajstić information content (AvgIpc) is 2.30. The number of guanidine groups is 1. The Kier molecular flexibility index (Phi) is 6.49. The van der Waals surface area contributed by atoms with Crippen molar-refractivity contribution in [3.05, 3.63) is 30.1 Å². The number of carboxylic acid groups (broad SMARTS) is 2. The van der Waals surface area contributed by atoms with Crippen molar-refractivity contribution < 1.29 is 19.8 Å². The number of pyridine rings is 1. The molecule has 0 aromatic carbocycles. The summed E-state index contributed by atoms with van der Waals surface area (Å²) < 4.78 is 0. The first-order valence-electron chi connectivity index (χ1n) is 4.75. The molecule has 0 saturated heterocycles. The molecule has 0 bridgehead atoms. The zero-order chi connectivity index (χ0) is 14.1. The molecule has 0 spiro atoms. The van der Waals surface area contributed by atoms with Gasteiger partial charge in [-0.1, -0.05) is 0 Å². The highest BCUT2D eigenvalue weighted by Gasteiger charge is 2.03. The second-order valence-electron chi connectivity index (χ2n) is 3.18. The van der Waals surface area contributed by atoms with Crippen LogP contribution >= 0.6 is 0 Å². The number of nitrogens with one attached hydrogen (secondary N) is 1. The number of aromatic carboxylic acids is 1. The predicted molar refractivity (Wildman–Crippen MR) is 63.4 cm³/mol. The standard InChI is InChI=1S/C6H5NO2.C4H9N3O2/c8-6(9)5-2-1-3-7-4-5;1-7(4(5)6)2-3(8)9/h1-4H,(H,8,9);2H2,1H3,(H3,5,6)(H,8,9). The van der Waals surface area contributed by atoms with Crippen LogP contribution in [0.15, 0.2) is 24.5 Å². The normalized spacial score (nSPS) is 8.72. The van der Waals surface area contributed by atoms with Crippen molar-refractivity contribution in [2.75, 3.05) is 13.6 Å². The van der Waals surface area contributed by atoms with Crippen LogP contribution < -0.4 is 5.73 Å². The molecule has 1 rings (SSSR count). The Hall–Kier alpha value is -2.64. The SMILES string of the molecule is CN(CC(=O)O)C(=N)N.O=C(O)c1cccnc1. The number of rotatable bonds is 3. The number of aromatic nitrogens is 1. The molecule has 1 aromatic heterocycles. The van der Waals surface area contributed by atoms with Crippen LogP contribution in [0.1, 0.15) is 10.4 Å². The Morgan fingerprint density at radius 1 is 1.50 bits per heavy atom. The maximum Gasteiger partial charge on any atom is 0.337 e. The lowest BCUT2D eigenvalue weighted by atomic mass is 10.3. The number of nitrogens with two attached hydrogens (primary N) is 1. The van der Waals surface area contributed by atoms with Crippen LogP contribution in [-0.2, 0) is 4.79 Å². The van der Waals surface area contributed by atoms with Crippen molar-refractivity contribution in [2.45, 2.75) is 0 Å². The van der Waals surface area contributed by atoms with E-state index in [0.29, 0.717) is 0 Å². The molecule has 0 radical (unpaired) electrons. The minimum Gasteiger partial charge on any atom is -0.480 e. The van der Waals surface area contributed by atoms with E-state index in [0.717, 1.165) is 4.90 Å². The van der Waals surface area contributed by atoms with Gasteiger partial charge in [-0.15, -0.1) is 0 Å². The molecule has 0 unspecified atom stereocenters. The maximum atomic E-state index is 10.2. The van der Waals surface area contributed by atoms with Crippen molar-refractivity contribution in [3.8, 4) is 0 Å². The molecule has 8 nitrogen and oxygen atoms in total. The topological polar surface area (TPSA) is 141 Å². The molecule has 5 N–H and O–H groups in total. The number of carbonyl (C=O) groups is 2. The molecule has 0 aliphatic carbocycles. The lowest BCUT2D eigenvalue weighted by Crippen LogP contribution is -2.36. The molecule has 18 heavy (non-hydrogen) atoms. The highest BCUT2D eigenvalue weighted by molar-refractivity contribution is 5.86. The van der Waals surface area contributed by atoms with E-state index in [4.69, 9.17) is 21.4 Å². The van der Waals surface area contributed by atoms with Gasteiger partial charge < -0.3 is 20.8 Å². The van der Waals surface area contributed by atoms with Crippen LogP contribution in [0, 0.1) is 5.41 Å². The van der Waals surface area contributed by atoms with E-state index in [1.807, 2.05) is 0 Å². The fourth-order valence-corrected chi connectivity index (χ4v) is 0.777. The van der Waals surface area contributed by atoms with Gasteiger partial charge in [-0.25, -0.2) is 4.79 Å². The molecule has 0 aliphatic heterocycles. The summed E-state index contributed by atoms with van der Waals surface area (Å²) in [7, 11) is 1.44. The summed E-state index contributed by atoms with van der Waals surface area (Å²) in [6.45, 7) is -0.227. The number of hydrogen-bond donors (Lipinski definition) is 4. The Bertz CT molecular complexity index is 421. The summed E-state index contributed by atoms with van der Waals surface area (Å²) in [6, 6.07) is 3.08. The van der Waals surface area contributed by atoms with Crippen LogP contribution in [0.2, 0.25) is 0 Å². The lowest BCUT2D eigenvalue weighted by Gasteiger charge is -2.12. The van der Waals surface area contributed by atoms with Crippen molar-refractivity contribution in [1.82, 2.24) is 9.88 Å². The van der Waals surface area contributed by atoms with Gasteiger partial charge in [-0.2, -0.15) is 0 Å². The molecule has 1 aromatic rings. The number of aliphatic carboxylic acids is 1. The van der Waals surface area contributed by atoms with Crippen LogP contribution in [-0.4, -0.2) is 51.6 Å². The Morgan fingerprint density at radius 2 is 2.11 bits per heavy atom. The van der Waals surface area contributed by atoms with E-state index >= 15 is 0 Å². The van der Waals surface area contributed by atoms with E-state index in [-0.39, 0.29) is 18.1 Å². The zero-order valence-electron chi connectivity index (χ0n) is 9.70. The van der Waals surface area contributed by atoms with Gasteiger partial charge in [0.25, 0.3) is 0 Å². The number of carboxylic acids is 2. The summed E-state index contributed by atoms with van der Waals surface area (Å²) in [5.41, 5.74) is 5.15. The zero-order valence-corrected chi connectivity index (χ0v) is 9.70. The van der Waals surface area contributed by atoms with Crippen LogP contribution in [0.5, 0.6) is 0 Å². The van der Waals surface area contributed by atoms with Crippen molar-refractivity contribution in [1.29, 1.82) is 5.41 Å². The summed E-state index contributed by atoms with van der Waals surface area (Å²) in [4.78, 5) is 24.8. The van der Waals surface area contributed by atoms with Gasteiger partial charge in [-0.3, -0.25) is 15.2 Å². The minimum atomic E-state index is -0.993. The third-order valence-electron chi connectivity index (χ3n) is 1.69. The van der Waals surface area contributed by atoms with E-state index in [9.17, 15) is 9.59 Å². The van der Waals surface area contributed by atoms with Gasteiger partial charge in [0.2, 0.25) is 0 Å². The van der Waals surface area contributed by atoms with Gasteiger partial charge in [0, 0.05) is 19.4 Å². The van der Waals surface area contributed by atoms with Crippen LogP contribution in [0.3, 0.4) is 0 Å². The largest absolute Gasteiger partial charge is 0.480 e. The van der Waals surface area contributed by atoms with Gasteiger partial charge >= 0.3 is 11.9 Å². The Balaban J connectivity index is 0.000000321. The molecule has 98 valence electrons. The van der Waals surface area contributed by atoms with E-state index in [1.165, 1.54) is 25.5 Å². The number of hydrogen-bond acceptors (Lipinski definition) is 4. The minimum absolute atomic E-state index is 0.220. The van der Waals surface area contributed by atoms with Gasteiger partial charge in [-0.05, 0) is 12.1 Å². The van der Waals surface area contributed by atoms with Crippen molar-refractivity contribution >= 4 is 17.9 Å². The lowest BCUT2D eigenvalue weighted by molar-refractivity contribution is -0.137. The molecular weight excluding hydrogens is 240 g/mol. The summed E-state index contributed by atoms with van der Waals surface area (Å²) in [5, 5.41) is 23.2. The van der Waals surface area contributed by atoms with E-state index in [1.54, 1.807) is 6.07 Å². The maximum absolute atomic E-state index is 10.2. The highest BCUT2D eigenvalue weighted by atomic mass is 16.4. The van der Waals surface area contributed by atoms with Crippen LogP contribution in [0.4, 0.5) is 0 Å². The summed E-state index contributed by atoms with van der Waals surface area (Å²) in [6.07, 6.45) is 2.84. The monoisotopic (exact) mass is 254 g/mol. The second kappa shape index (κ2) is 7.60. The molecule has 0 saturated carbocycles. The highest BCUT2D eigenvalue weighted by Crippen LogP contribution is 1.92. The fraction of sp³-hybridized carbons (Fsp3) is 0.200. The first-order chi connectivity index (χ1) is 8.34. The smallest absolute Gasteiger partial charge is 0.337 e. The Morgan fingerprint density at radius 3 is 2.33 bits per heavy atom. The van der Waals surface area contributed by atoms with Crippen LogP contribution in [0.25, 0.3) is 0 Å². The molecule has 8 heteroatoms. The second-order valence-corrected chi connectivity index (χ2v) is 3.18. The third kappa shape index (κ3) is 6.77.